The highest BCUT2D eigenvalue weighted by molar-refractivity contribution is 5.93. The van der Waals surface area contributed by atoms with Crippen molar-refractivity contribution in [2.24, 2.45) is 0 Å². The standard InChI is InChI=1S/C18H26N2O6/c1-5-19-17(22)12(4)20-16(21)11-26-18(23)13-8-9-14(24-6-2)15(10-13)25-7-3/h8-10,12H,5-7,11H2,1-4H3,(H,19,22)(H,20,21)/t12-/m0/s1. The molecule has 8 nitrogen and oxygen atoms in total. The number of benzene rings is 1. The van der Waals surface area contributed by atoms with Gasteiger partial charge in [0.2, 0.25) is 5.91 Å². The second-order valence-corrected chi connectivity index (χ2v) is 5.29. The van der Waals surface area contributed by atoms with Gasteiger partial charge in [0, 0.05) is 6.54 Å². The molecule has 0 aliphatic carbocycles. The van der Waals surface area contributed by atoms with Crippen LogP contribution >= 0.6 is 0 Å². The van der Waals surface area contributed by atoms with Gasteiger partial charge in [-0.2, -0.15) is 0 Å². The quantitative estimate of drug-likeness (QED) is 0.605. The van der Waals surface area contributed by atoms with Gasteiger partial charge >= 0.3 is 5.97 Å². The van der Waals surface area contributed by atoms with E-state index in [1.165, 1.54) is 12.1 Å². The van der Waals surface area contributed by atoms with Crippen molar-refractivity contribution in [3.8, 4) is 11.5 Å². The lowest BCUT2D eigenvalue weighted by atomic mass is 10.2. The van der Waals surface area contributed by atoms with Crippen molar-refractivity contribution in [2.75, 3.05) is 26.4 Å². The predicted octanol–water partition coefficient (Wildman–Crippen LogP) is 1.28. The number of nitrogens with one attached hydrogen (secondary N) is 2. The molecule has 0 saturated carbocycles. The van der Waals surface area contributed by atoms with Crippen LogP contribution in [0.5, 0.6) is 11.5 Å². The van der Waals surface area contributed by atoms with Gasteiger partial charge in [0.15, 0.2) is 18.1 Å². The molecule has 26 heavy (non-hydrogen) atoms. The fourth-order valence-corrected chi connectivity index (χ4v) is 2.07. The molecule has 1 rings (SSSR count). The zero-order chi connectivity index (χ0) is 19.5. The van der Waals surface area contributed by atoms with Crippen molar-refractivity contribution in [1.82, 2.24) is 10.6 Å². The molecule has 0 radical (unpaired) electrons. The first kappa shape index (κ1) is 21.3. The maximum absolute atomic E-state index is 12.1. The number of carbonyl (C=O) groups excluding carboxylic acids is 3. The normalized spacial score (nSPS) is 11.2. The first-order valence-electron chi connectivity index (χ1n) is 8.56. The van der Waals surface area contributed by atoms with E-state index in [0.717, 1.165) is 0 Å². The van der Waals surface area contributed by atoms with Crippen LogP contribution in [0.1, 0.15) is 38.1 Å². The minimum atomic E-state index is -0.712. The minimum absolute atomic E-state index is 0.237. The van der Waals surface area contributed by atoms with Crippen LogP contribution in [-0.2, 0) is 14.3 Å². The Kier molecular flexibility index (Phi) is 8.97. The highest BCUT2D eigenvalue weighted by Crippen LogP contribution is 2.28. The number of amides is 2. The summed E-state index contributed by atoms with van der Waals surface area (Å²) in [6, 6.07) is 3.94. The molecule has 0 heterocycles. The second-order valence-electron chi connectivity index (χ2n) is 5.29. The van der Waals surface area contributed by atoms with Crippen molar-refractivity contribution in [3.63, 3.8) is 0 Å². The molecule has 0 bridgehead atoms. The fraction of sp³-hybridized carbons (Fsp3) is 0.500. The first-order chi connectivity index (χ1) is 12.4. The Labute approximate surface area is 153 Å². The highest BCUT2D eigenvalue weighted by atomic mass is 16.5. The molecule has 1 aromatic rings. The Hall–Kier alpha value is -2.77. The van der Waals surface area contributed by atoms with E-state index >= 15 is 0 Å². The van der Waals surface area contributed by atoms with E-state index in [4.69, 9.17) is 14.2 Å². The summed E-state index contributed by atoms with van der Waals surface area (Å²) in [5.41, 5.74) is 0.237. The molecule has 0 saturated heterocycles. The van der Waals surface area contributed by atoms with Gasteiger partial charge in [-0.3, -0.25) is 9.59 Å². The van der Waals surface area contributed by atoms with Gasteiger partial charge in [-0.15, -0.1) is 0 Å². The maximum atomic E-state index is 12.1. The van der Waals surface area contributed by atoms with Crippen LogP contribution in [0.2, 0.25) is 0 Å². The summed E-state index contributed by atoms with van der Waals surface area (Å²) >= 11 is 0. The molecule has 0 aliphatic heterocycles. The summed E-state index contributed by atoms with van der Waals surface area (Å²) in [5, 5.41) is 5.04. The third-order valence-corrected chi connectivity index (χ3v) is 3.24. The largest absolute Gasteiger partial charge is 0.490 e. The van der Waals surface area contributed by atoms with Crippen molar-refractivity contribution < 1.29 is 28.6 Å². The van der Waals surface area contributed by atoms with Gasteiger partial charge in [-0.1, -0.05) is 0 Å². The van der Waals surface area contributed by atoms with Crippen LogP contribution in [0.4, 0.5) is 0 Å². The highest BCUT2D eigenvalue weighted by Gasteiger charge is 2.17. The predicted molar refractivity (Wildman–Crippen MR) is 95.4 cm³/mol. The van der Waals surface area contributed by atoms with Crippen LogP contribution in [0.3, 0.4) is 0 Å². The average Bonchev–Trinajstić information content (AvgIpc) is 2.61. The number of likely N-dealkylation sites (N-methyl/N-ethyl adjacent to an activating group) is 1. The third-order valence-electron chi connectivity index (χ3n) is 3.24. The van der Waals surface area contributed by atoms with E-state index in [2.05, 4.69) is 10.6 Å². The SMILES string of the molecule is CCNC(=O)[C@H](C)NC(=O)COC(=O)c1ccc(OCC)c(OCC)c1. The zero-order valence-electron chi connectivity index (χ0n) is 15.6. The van der Waals surface area contributed by atoms with Crippen LogP contribution < -0.4 is 20.1 Å². The van der Waals surface area contributed by atoms with E-state index in [1.54, 1.807) is 19.9 Å². The van der Waals surface area contributed by atoms with E-state index < -0.39 is 24.5 Å². The molecule has 0 spiro atoms. The molecule has 1 atom stereocenters. The number of esters is 1. The number of ether oxygens (including phenoxy) is 3. The summed E-state index contributed by atoms with van der Waals surface area (Å²) in [5.74, 6) is -0.583. The van der Waals surface area contributed by atoms with Gasteiger partial charge < -0.3 is 24.8 Å². The number of hydrogen-bond acceptors (Lipinski definition) is 6. The smallest absolute Gasteiger partial charge is 0.338 e. The van der Waals surface area contributed by atoms with Gasteiger partial charge in [0.25, 0.3) is 5.91 Å². The molecular formula is C18H26N2O6. The van der Waals surface area contributed by atoms with Crippen LogP contribution in [0.25, 0.3) is 0 Å². The molecule has 2 amide bonds. The lowest BCUT2D eigenvalue weighted by Gasteiger charge is -2.14. The lowest BCUT2D eigenvalue weighted by Crippen LogP contribution is -2.46. The first-order valence-corrected chi connectivity index (χ1v) is 8.56. The average molecular weight is 366 g/mol. The van der Waals surface area contributed by atoms with Gasteiger partial charge in [0.1, 0.15) is 6.04 Å². The Bertz CT molecular complexity index is 632. The number of hydrogen-bond donors (Lipinski definition) is 2. The van der Waals surface area contributed by atoms with E-state index in [0.29, 0.717) is 31.3 Å². The van der Waals surface area contributed by atoms with E-state index in [9.17, 15) is 14.4 Å². The maximum Gasteiger partial charge on any atom is 0.338 e. The summed E-state index contributed by atoms with van der Waals surface area (Å²) in [6.45, 7) is 7.85. The van der Waals surface area contributed by atoms with Crippen molar-refractivity contribution in [3.05, 3.63) is 23.8 Å². The van der Waals surface area contributed by atoms with Gasteiger partial charge in [-0.05, 0) is 45.9 Å². The number of rotatable bonds is 10. The Morgan fingerprint density at radius 2 is 1.69 bits per heavy atom. The van der Waals surface area contributed by atoms with Crippen LogP contribution in [0.15, 0.2) is 18.2 Å². The van der Waals surface area contributed by atoms with Crippen molar-refractivity contribution >= 4 is 17.8 Å². The molecule has 1 aromatic carbocycles. The fourth-order valence-electron chi connectivity index (χ4n) is 2.07. The van der Waals surface area contributed by atoms with Crippen molar-refractivity contribution in [2.45, 2.75) is 33.7 Å². The van der Waals surface area contributed by atoms with Gasteiger partial charge in [-0.25, -0.2) is 4.79 Å². The molecule has 0 aliphatic rings. The summed E-state index contributed by atoms with van der Waals surface area (Å²) in [6.07, 6.45) is 0. The molecule has 144 valence electrons. The molecule has 2 N–H and O–H groups in total. The Morgan fingerprint density at radius 1 is 1.04 bits per heavy atom. The second kappa shape index (κ2) is 11.0. The van der Waals surface area contributed by atoms with Crippen LogP contribution in [0, 0.1) is 0 Å². The topological polar surface area (TPSA) is 103 Å². The Morgan fingerprint density at radius 3 is 2.31 bits per heavy atom. The minimum Gasteiger partial charge on any atom is -0.490 e. The molecule has 0 unspecified atom stereocenters. The molecular weight excluding hydrogens is 340 g/mol. The molecule has 0 fully saturated rings. The van der Waals surface area contributed by atoms with Gasteiger partial charge in [0.05, 0.1) is 18.8 Å². The Balaban J connectivity index is 2.63. The lowest BCUT2D eigenvalue weighted by molar-refractivity contribution is -0.130. The van der Waals surface area contributed by atoms with E-state index in [1.807, 2.05) is 13.8 Å². The summed E-state index contributed by atoms with van der Waals surface area (Å²) < 4.78 is 15.9. The summed E-state index contributed by atoms with van der Waals surface area (Å²) in [4.78, 5) is 35.5. The van der Waals surface area contributed by atoms with Crippen molar-refractivity contribution in [1.29, 1.82) is 0 Å². The monoisotopic (exact) mass is 366 g/mol. The zero-order valence-corrected chi connectivity index (χ0v) is 15.6. The summed E-state index contributed by atoms with van der Waals surface area (Å²) in [7, 11) is 0. The number of carbonyl (C=O) groups is 3. The molecule has 8 heteroatoms. The molecule has 0 aromatic heterocycles. The third kappa shape index (κ3) is 6.62. The van der Waals surface area contributed by atoms with E-state index in [-0.39, 0.29) is 11.5 Å². The van der Waals surface area contributed by atoms with Crippen LogP contribution in [-0.4, -0.2) is 50.2 Å².